The van der Waals surface area contributed by atoms with Gasteiger partial charge in [-0.25, -0.2) is 22.8 Å². The van der Waals surface area contributed by atoms with Crippen LogP contribution in [0.4, 0.5) is 28.4 Å². The van der Waals surface area contributed by atoms with Gasteiger partial charge in [-0.15, -0.1) is 0 Å². The van der Waals surface area contributed by atoms with Gasteiger partial charge in [-0.3, -0.25) is 10.3 Å². The molecular weight excluding hydrogens is 461 g/mol. The number of amides is 3. The van der Waals surface area contributed by atoms with Crippen molar-refractivity contribution in [3.63, 3.8) is 0 Å². The van der Waals surface area contributed by atoms with Crippen molar-refractivity contribution in [2.45, 2.75) is 39.3 Å². The number of urea groups is 1. The van der Waals surface area contributed by atoms with E-state index in [0.29, 0.717) is 5.56 Å². The number of anilines is 1. The van der Waals surface area contributed by atoms with Gasteiger partial charge in [0.05, 0.1) is 12.2 Å². The minimum Gasteiger partial charge on any atom is -0.444 e. The Labute approximate surface area is 200 Å². The van der Waals surface area contributed by atoms with E-state index in [2.05, 4.69) is 15.6 Å². The lowest BCUT2D eigenvalue weighted by atomic mass is 9.92. The van der Waals surface area contributed by atoms with Gasteiger partial charge in [-0.2, -0.15) is 0 Å². The zero-order chi connectivity index (χ0) is 25.8. The Hall–Kier alpha value is -4.08. The Balaban J connectivity index is 2.16. The molecule has 0 unspecified atom stereocenters. The molecule has 3 aromatic rings. The number of rotatable bonds is 6. The molecule has 3 amide bonds. The standard InChI is InChI=1S/C25H25F3N4O3/c1-25(2,3)35-24(34)32-22-19(27)12-16(15-8-6-10-30-20(15)13-31-23(29)33)17(21(22)28)11-14-7-4-5-9-18(14)26/h4-10,12H,11,13H2,1-3H3,(H,32,34)(H3,29,31,33). The van der Waals surface area contributed by atoms with E-state index >= 15 is 8.78 Å². The predicted molar refractivity (Wildman–Crippen MR) is 125 cm³/mol. The lowest BCUT2D eigenvalue weighted by Gasteiger charge is -2.21. The third-order valence-electron chi connectivity index (χ3n) is 4.88. The number of halogens is 3. The Bertz CT molecular complexity index is 1260. The van der Waals surface area contributed by atoms with Gasteiger partial charge in [0.15, 0.2) is 5.82 Å². The van der Waals surface area contributed by atoms with Gasteiger partial charge in [0.25, 0.3) is 0 Å². The van der Waals surface area contributed by atoms with Crippen molar-refractivity contribution in [1.29, 1.82) is 0 Å². The summed E-state index contributed by atoms with van der Waals surface area (Å²) in [5.41, 5.74) is 4.25. The monoisotopic (exact) mass is 486 g/mol. The van der Waals surface area contributed by atoms with Gasteiger partial charge in [-0.05, 0) is 50.1 Å². The van der Waals surface area contributed by atoms with E-state index in [4.69, 9.17) is 10.5 Å². The van der Waals surface area contributed by atoms with Gasteiger partial charge in [0, 0.05) is 23.7 Å². The fourth-order valence-corrected chi connectivity index (χ4v) is 3.42. The molecule has 0 saturated carbocycles. The fourth-order valence-electron chi connectivity index (χ4n) is 3.42. The molecule has 184 valence electrons. The first-order chi connectivity index (χ1) is 16.5. The maximum absolute atomic E-state index is 15.8. The molecule has 35 heavy (non-hydrogen) atoms. The molecule has 0 aliphatic rings. The van der Waals surface area contributed by atoms with E-state index in [9.17, 15) is 14.0 Å². The minimum atomic E-state index is -1.09. The largest absolute Gasteiger partial charge is 0.444 e. The average molecular weight is 486 g/mol. The third-order valence-corrected chi connectivity index (χ3v) is 4.88. The van der Waals surface area contributed by atoms with E-state index in [0.717, 1.165) is 6.07 Å². The van der Waals surface area contributed by atoms with Crippen LogP contribution in [0.1, 0.15) is 37.6 Å². The predicted octanol–water partition coefficient (Wildman–Crippen LogP) is 5.27. The van der Waals surface area contributed by atoms with Crippen molar-refractivity contribution in [2.24, 2.45) is 5.73 Å². The fraction of sp³-hybridized carbons (Fsp3) is 0.240. The van der Waals surface area contributed by atoms with E-state index < -0.39 is 40.9 Å². The molecule has 10 heteroatoms. The molecule has 1 heterocycles. The number of hydrogen-bond acceptors (Lipinski definition) is 4. The van der Waals surface area contributed by atoms with E-state index in [1.807, 2.05) is 0 Å². The lowest BCUT2D eigenvalue weighted by Crippen LogP contribution is -2.29. The van der Waals surface area contributed by atoms with Gasteiger partial charge >= 0.3 is 12.1 Å². The van der Waals surface area contributed by atoms with Gasteiger partial charge in [0.1, 0.15) is 22.9 Å². The SMILES string of the molecule is CC(C)(C)OC(=O)Nc1c(F)cc(-c2cccnc2CNC(N)=O)c(Cc2ccccc2F)c1F. The molecule has 3 rings (SSSR count). The van der Waals surface area contributed by atoms with Crippen molar-refractivity contribution < 1.29 is 27.5 Å². The summed E-state index contributed by atoms with van der Waals surface area (Å²) in [5.74, 6) is -2.74. The van der Waals surface area contributed by atoms with Crippen LogP contribution in [0.3, 0.4) is 0 Å². The molecule has 0 aliphatic carbocycles. The van der Waals surface area contributed by atoms with E-state index in [-0.39, 0.29) is 35.3 Å². The molecule has 0 radical (unpaired) electrons. The van der Waals surface area contributed by atoms with Crippen molar-refractivity contribution in [1.82, 2.24) is 10.3 Å². The molecule has 2 aromatic carbocycles. The number of carbonyl (C=O) groups is 2. The van der Waals surface area contributed by atoms with Gasteiger partial charge in [-0.1, -0.05) is 24.3 Å². The number of pyridine rings is 1. The summed E-state index contributed by atoms with van der Waals surface area (Å²) >= 11 is 0. The number of nitrogens with zero attached hydrogens (tertiary/aromatic N) is 1. The van der Waals surface area contributed by atoms with Crippen LogP contribution in [0.25, 0.3) is 11.1 Å². The highest BCUT2D eigenvalue weighted by molar-refractivity contribution is 5.87. The molecule has 0 aliphatic heterocycles. The van der Waals surface area contributed by atoms with Crippen LogP contribution in [0.2, 0.25) is 0 Å². The van der Waals surface area contributed by atoms with E-state index in [1.54, 1.807) is 39.0 Å². The highest BCUT2D eigenvalue weighted by atomic mass is 19.1. The topological polar surface area (TPSA) is 106 Å². The number of hydrogen-bond donors (Lipinski definition) is 3. The number of ether oxygens (including phenoxy) is 1. The average Bonchev–Trinajstić information content (AvgIpc) is 2.77. The quantitative estimate of drug-likeness (QED) is 0.441. The summed E-state index contributed by atoms with van der Waals surface area (Å²) in [6, 6.07) is 9.11. The smallest absolute Gasteiger partial charge is 0.412 e. The molecule has 0 bridgehead atoms. The summed E-state index contributed by atoms with van der Waals surface area (Å²) in [6.07, 6.45) is 0.144. The Morgan fingerprint density at radius 3 is 2.40 bits per heavy atom. The minimum absolute atomic E-state index is 0.0763. The second-order valence-electron chi connectivity index (χ2n) is 8.68. The normalized spacial score (nSPS) is 11.1. The number of primary amides is 1. The van der Waals surface area contributed by atoms with Crippen LogP contribution in [-0.4, -0.2) is 22.7 Å². The molecular formula is C25H25F3N4O3. The Morgan fingerprint density at radius 1 is 1.03 bits per heavy atom. The number of carbonyl (C=O) groups excluding carboxylic acids is 2. The molecule has 0 spiro atoms. The summed E-state index contributed by atoms with van der Waals surface area (Å²) in [5, 5.41) is 4.51. The summed E-state index contributed by atoms with van der Waals surface area (Å²) < 4.78 is 50.5. The number of aromatic nitrogens is 1. The number of nitrogens with two attached hydrogens (primary N) is 1. The number of benzene rings is 2. The van der Waals surface area contributed by atoms with Crippen LogP contribution in [0.15, 0.2) is 48.7 Å². The van der Waals surface area contributed by atoms with Gasteiger partial charge < -0.3 is 15.8 Å². The molecule has 0 atom stereocenters. The zero-order valence-corrected chi connectivity index (χ0v) is 19.4. The molecule has 7 nitrogen and oxygen atoms in total. The number of nitrogens with one attached hydrogen (secondary N) is 2. The molecule has 0 saturated heterocycles. The second kappa shape index (κ2) is 10.5. The second-order valence-corrected chi connectivity index (χ2v) is 8.68. The summed E-state index contributed by atoms with van der Waals surface area (Å²) in [6.45, 7) is 4.72. The van der Waals surface area contributed by atoms with Crippen LogP contribution in [0, 0.1) is 17.5 Å². The van der Waals surface area contributed by atoms with Crippen molar-refractivity contribution >= 4 is 17.8 Å². The van der Waals surface area contributed by atoms with Crippen LogP contribution in [0.5, 0.6) is 0 Å². The van der Waals surface area contributed by atoms with Crippen LogP contribution >= 0.6 is 0 Å². The Kier molecular flexibility index (Phi) is 7.63. The van der Waals surface area contributed by atoms with Crippen molar-refractivity contribution in [3.05, 3.63) is 82.9 Å². The van der Waals surface area contributed by atoms with Crippen molar-refractivity contribution in [3.8, 4) is 11.1 Å². The van der Waals surface area contributed by atoms with Crippen LogP contribution in [-0.2, 0) is 17.7 Å². The highest BCUT2D eigenvalue weighted by Gasteiger charge is 2.25. The highest BCUT2D eigenvalue weighted by Crippen LogP contribution is 2.35. The molecule has 4 N–H and O–H groups in total. The molecule has 0 fully saturated rings. The first-order valence-electron chi connectivity index (χ1n) is 10.7. The third kappa shape index (κ3) is 6.50. The molecule has 1 aromatic heterocycles. The van der Waals surface area contributed by atoms with Crippen LogP contribution < -0.4 is 16.4 Å². The van der Waals surface area contributed by atoms with Gasteiger partial charge in [0.2, 0.25) is 0 Å². The summed E-state index contributed by atoms with van der Waals surface area (Å²) in [7, 11) is 0. The first-order valence-corrected chi connectivity index (χ1v) is 10.7. The maximum atomic E-state index is 15.8. The first kappa shape index (κ1) is 25.5. The maximum Gasteiger partial charge on any atom is 0.412 e. The lowest BCUT2D eigenvalue weighted by molar-refractivity contribution is 0.0634. The van der Waals surface area contributed by atoms with E-state index in [1.165, 1.54) is 24.4 Å². The summed E-state index contributed by atoms with van der Waals surface area (Å²) in [4.78, 5) is 27.6. The Morgan fingerprint density at radius 2 is 1.74 bits per heavy atom. The van der Waals surface area contributed by atoms with Crippen molar-refractivity contribution in [2.75, 3.05) is 5.32 Å². The zero-order valence-electron chi connectivity index (χ0n) is 19.4.